The van der Waals surface area contributed by atoms with Gasteiger partial charge >= 0.3 is 12.1 Å². The summed E-state index contributed by atoms with van der Waals surface area (Å²) in [6.45, 7) is 1.45. The normalized spacial score (nSPS) is 14.1. The predicted octanol–water partition coefficient (Wildman–Crippen LogP) is 3.62. The number of ether oxygens (including phenoxy) is 1. The highest BCUT2D eigenvalue weighted by Gasteiger charge is 2.34. The maximum absolute atomic E-state index is 12.6. The third-order valence-corrected chi connectivity index (χ3v) is 3.45. The molecule has 0 heterocycles. The summed E-state index contributed by atoms with van der Waals surface area (Å²) in [5, 5.41) is 0. The van der Waals surface area contributed by atoms with E-state index in [0.29, 0.717) is 0 Å². The van der Waals surface area contributed by atoms with Crippen molar-refractivity contribution in [2.24, 2.45) is 5.73 Å². The van der Waals surface area contributed by atoms with Gasteiger partial charge in [-0.15, -0.1) is 0 Å². The predicted molar refractivity (Wildman–Crippen MR) is 79.2 cm³/mol. The molecule has 3 nitrogen and oxygen atoms in total. The van der Waals surface area contributed by atoms with Crippen LogP contribution < -0.4 is 5.73 Å². The Morgan fingerprint density at radius 1 is 1.00 bits per heavy atom. The zero-order valence-corrected chi connectivity index (χ0v) is 12.4. The first-order valence-electron chi connectivity index (χ1n) is 6.89. The Balaban J connectivity index is 2.09. The lowest BCUT2D eigenvalue weighted by Crippen LogP contribution is -2.43. The molecule has 122 valence electrons. The quantitative estimate of drug-likeness (QED) is 0.874. The summed E-state index contributed by atoms with van der Waals surface area (Å²) < 4.78 is 42.8. The summed E-state index contributed by atoms with van der Waals surface area (Å²) in [7, 11) is 0. The van der Waals surface area contributed by atoms with Crippen LogP contribution in [0.1, 0.15) is 23.6 Å². The van der Waals surface area contributed by atoms with Crippen molar-refractivity contribution in [3.05, 3.63) is 71.3 Å². The molecule has 0 aliphatic rings. The zero-order chi connectivity index (χ0) is 17.1. The van der Waals surface area contributed by atoms with Crippen LogP contribution in [0.5, 0.6) is 0 Å². The van der Waals surface area contributed by atoms with Crippen molar-refractivity contribution in [2.45, 2.75) is 25.2 Å². The molecule has 0 aromatic heterocycles. The first kappa shape index (κ1) is 17.0. The molecule has 0 fully saturated rings. The lowest BCUT2D eigenvalue weighted by Gasteiger charge is -2.23. The number of halogens is 3. The van der Waals surface area contributed by atoms with Gasteiger partial charge in [-0.05, 0) is 30.2 Å². The SMILES string of the molecule is CC(N)(C(=O)OCc1ccccc1)c1ccc(C(F)(F)F)cc1. The van der Waals surface area contributed by atoms with E-state index in [9.17, 15) is 18.0 Å². The van der Waals surface area contributed by atoms with Gasteiger partial charge in [-0.2, -0.15) is 13.2 Å². The lowest BCUT2D eigenvalue weighted by molar-refractivity contribution is -0.151. The Morgan fingerprint density at radius 2 is 1.52 bits per heavy atom. The fourth-order valence-electron chi connectivity index (χ4n) is 2.00. The topological polar surface area (TPSA) is 52.3 Å². The van der Waals surface area contributed by atoms with Crippen LogP contribution >= 0.6 is 0 Å². The van der Waals surface area contributed by atoms with Crippen molar-refractivity contribution in [2.75, 3.05) is 0 Å². The molecule has 0 spiro atoms. The van der Waals surface area contributed by atoms with Crippen LogP contribution in [0, 0.1) is 0 Å². The fourth-order valence-corrected chi connectivity index (χ4v) is 2.00. The first-order chi connectivity index (χ1) is 10.7. The minimum atomic E-state index is -4.43. The molecule has 0 aliphatic heterocycles. The molecule has 6 heteroatoms. The number of carbonyl (C=O) groups is 1. The largest absolute Gasteiger partial charge is 0.459 e. The van der Waals surface area contributed by atoms with Crippen molar-refractivity contribution in [1.29, 1.82) is 0 Å². The second-order valence-electron chi connectivity index (χ2n) is 5.34. The van der Waals surface area contributed by atoms with E-state index < -0.39 is 23.2 Å². The molecule has 0 amide bonds. The molecule has 23 heavy (non-hydrogen) atoms. The second-order valence-corrected chi connectivity index (χ2v) is 5.34. The first-order valence-corrected chi connectivity index (χ1v) is 6.89. The second kappa shape index (κ2) is 6.42. The number of alkyl halides is 3. The van der Waals surface area contributed by atoms with Crippen LogP contribution in [0.4, 0.5) is 13.2 Å². The van der Waals surface area contributed by atoms with Crippen LogP contribution in [-0.2, 0) is 27.9 Å². The molecule has 0 saturated heterocycles. The Morgan fingerprint density at radius 3 is 2.04 bits per heavy atom. The van der Waals surface area contributed by atoms with Gasteiger partial charge in [0, 0.05) is 0 Å². The molecule has 1 atom stereocenters. The number of hydrogen-bond acceptors (Lipinski definition) is 3. The average molecular weight is 323 g/mol. The van der Waals surface area contributed by atoms with E-state index in [1.807, 2.05) is 6.07 Å². The highest BCUT2D eigenvalue weighted by Crippen LogP contribution is 2.30. The van der Waals surface area contributed by atoms with Gasteiger partial charge in [-0.1, -0.05) is 42.5 Å². The summed E-state index contributed by atoms with van der Waals surface area (Å²) >= 11 is 0. The van der Waals surface area contributed by atoms with Crippen molar-refractivity contribution in [1.82, 2.24) is 0 Å². The number of carbonyl (C=O) groups excluding carboxylic acids is 1. The maximum atomic E-state index is 12.6. The van der Waals surface area contributed by atoms with Gasteiger partial charge < -0.3 is 10.5 Å². The van der Waals surface area contributed by atoms with Crippen molar-refractivity contribution in [3.63, 3.8) is 0 Å². The van der Waals surface area contributed by atoms with Gasteiger partial charge in [-0.25, -0.2) is 4.79 Å². The lowest BCUT2D eigenvalue weighted by atomic mass is 9.92. The summed E-state index contributed by atoms with van der Waals surface area (Å²) in [4.78, 5) is 12.2. The van der Waals surface area contributed by atoms with Gasteiger partial charge in [0.1, 0.15) is 12.1 Å². The monoisotopic (exact) mass is 323 g/mol. The molecule has 0 radical (unpaired) electrons. The Kier molecular flexibility index (Phi) is 4.75. The number of benzene rings is 2. The highest BCUT2D eigenvalue weighted by molar-refractivity contribution is 5.81. The molecular weight excluding hydrogens is 307 g/mol. The third-order valence-electron chi connectivity index (χ3n) is 3.45. The van der Waals surface area contributed by atoms with Gasteiger partial charge in [0.05, 0.1) is 5.56 Å². The van der Waals surface area contributed by atoms with E-state index in [2.05, 4.69) is 0 Å². The molecule has 0 aliphatic carbocycles. The minimum absolute atomic E-state index is 0.0487. The smallest absolute Gasteiger partial charge is 0.416 e. The molecule has 0 saturated carbocycles. The Bertz CT molecular complexity index is 664. The van der Waals surface area contributed by atoms with Gasteiger partial charge in [-0.3, -0.25) is 0 Å². The van der Waals surface area contributed by atoms with Gasteiger partial charge in [0.15, 0.2) is 0 Å². The van der Waals surface area contributed by atoms with E-state index in [1.54, 1.807) is 24.3 Å². The molecule has 2 aromatic rings. The number of hydrogen-bond donors (Lipinski definition) is 1. The minimum Gasteiger partial charge on any atom is -0.459 e. The fraction of sp³-hybridized carbons (Fsp3) is 0.235. The molecule has 2 aromatic carbocycles. The number of rotatable bonds is 4. The molecule has 2 rings (SSSR count). The van der Waals surface area contributed by atoms with E-state index in [-0.39, 0.29) is 12.2 Å². The Hall–Kier alpha value is -2.34. The van der Waals surface area contributed by atoms with Crippen LogP contribution in [0.15, 0.2) is 54.6 Å². The van der Waals surface area contributed by atoms with Crippen LogP contribution in [-0.4, -0.2) is 5.97 Å². The Labute approximate surface area is 131 Å². The standard InChI is InChI=1S/C17H16F3NO2/c1-16(21,13-7-9-14(10-8-13)17(18,19)20)15(22)23-11-12-5-3-2-4-6-12/h2-10H,11,21H2,1H3. The van der Waals surface area contributed by atoms with Gasteiger partial charge in [0.25, 0.3) is 0 Å². The van der Waals surface area contributed by atoms with Gasteiger partial charge in [0.2, 0.25) is 0 Å². The summed E-state index contributed by atoms with van der Waals surface area (Å²) in [6.07, 6.45) is -4.43. The van der Waals surface area contributed by atoms with E-state index in [1.165, 1.54) is 19.1 Å². The number of esters is 1. The van der Waals surface area contributed by atoms with E-state index in [4.69, 9.17) is 10.5 Å². The third kappa shape index (κ3) is 4.10. The summed E-state index contributed by atoms with van der Waals surface area (Å²) in [5.74, 6) is -0.707. The molecule has 2 N–H and O–H groups in total. The van der Waals surface area contributed by atoms with E-state index >= 15 is 0 Å². The number of nitrogens with two attached hydrogens (primary N) is 1. The summed E-state index contributed by atoms with van der Waals surface area (Å²) in [5.41, 5.74) is 4.67. The van der Waals surface area contributed by atoms with Crippen LogP contribution in [0.3, 0.4) is 0 Å². The van der Waals surface area contributed by atoms with Crippen LogP contribution in [0.2, 0.25) is 0 Å². The molecular formula is C17H16F3NO2. The summed E-state index contributed by atoms with van der Waals surface area (Å²) in [6, 6.07) is 13.2. The van der Waals surface area contributed by atoms with Crippen molar-refractivity contribution in [3.8, 4) is 0 Å². The van der Waals surface area contributed by atoms with Crippen LogP contribution in [0.25, 0.3) is 0 Å². The maximum Gasteiger partial charge on any atom is 0.416 e. The van der Waals surface area contributed by atoms with E-state index in [0.717, 1.165) is 17.7 Å². The highest BCUT2D eigenvalue weighted by atomic mass is 19.4. The molecule has 1 unspecified atom stereocenters. The van der Waals surface area contributed by atoms with Crippen molar-refractivity contribution >= 4 is 5.97 Å². The average Bonchev–Trinajstić information content (AvgIpc) is 2.52. The van der Waals surface area contributed by atoms with Crippen molar-refractivity contribution < 1.29 is 22.7 Å². The zero-order valence-electron chi connectivity index (χ0n) is 12.4. The molecule has 0 bridgehead atoms.